The standard InChI is InChI=1S/C52H35NO/c1-3-11-36(12-4-1)38-23-28-43(29-24-38)53(44-30-25-39(26-31-44)37-13-5-2-6-14-37)50-33-32-45(46-15-7-8-16-47(46)50)41-21-19-40(20-22-41)42-27-34-52-49(35-42)48-17-9-10-18-51(48)54-52/h1-35H/i1D,2D,3D,4D,5D,6D,11D,12D,13D,14D. The molecule has 0 bridgehead atoms. The van der Waals surface area contributed by atoms with Crippen molar-refractivity contribution in [1.82, 2.24) is 0 Å². The van der Waals surface area contributed by atoms with E-state index < -0.39 is 36.3 Å². The van der Waals surface area contributed by atoms with Crippen LogP contribution < -0.4 is 4.90 Å². The van der Waals surface area contributed by atoms with Crippen molar-refractivity contribution in [2.24, 2.45) is 0 Å². The van der Waals surface area contributed by atoms with Gasteiger partial charge in [-0.1, -0.05) is 164 Å². The van der Waals surface area contributed by atoms with Crippen molar-refractivity contribution >= 4 is 49.8 Å². The van der Waals surface area contributed by atoms with Crippen LogP contribution in [0.4, 0.5) is 17.1 Å². The molecule has 1 aromatic heterocycles. The molecule has 2 heteroatoms. The van der Waals surface area contributed by atoms with E-state index in [0.29, 0.717) is 22.5 Å². The molecule has 10 rings (SSSR count). The molecule has 0 spiro atoms. The highest BCUT2D eigenvalue weighted by molar-refractivity contribution is 6.07. The summed E-state index contributed by atoms with van der Waals surface area (Å²) in [5.74, 6) is 0. The lowest BCUT2D eigenvalue weighted by atomic mass is 9.94. The van der Waals surface area contributed by atoms with Crippen LogP contribution in [0.3, 0.4) is 0 Å². The maximum Gasteiger partial charge on any atom is 0.135 e. The van der Waals surface area contributed by atoms with E-state index in [0.717, 1.165) is 60.7 Å². The molecule has 0 radical (unpaired) electrons. The van der Waals surface area contributed by atoms with Gasteiger partial charge >= 0.3 is 0 Å². The number of hydrogen-bond acceptors (Lipinski definition) is 2. The number of para-hydroxylation sites is 1. The lowest BCUT2D eigenvalue weighted by Crippen LogP contribution is -2.10. The lowest BCUT2D eigenvalue weighted by molar-refractivity contribution is 0.669. The number of fused-ring (bicyclic) bond motifs is 4. The van der Waals surface area contributed by atoms with Crippen LogP contribution in [0.5, 0.6) is 0 Å². The minimum atomic E-state index is -0.457. The SMILES string of the molecule is [2H]c1c([2H])c([2H])c(-c2ccc(N(c3ccc(-c4c([2H])c([2H])c([2H])c([2H])c4[2H])cc3)c3ccc(-c4ccc(-c5ccc6oc7ccccc7c6c5)cc4)c4ccccc34)cc2)c([2H])c1[2H]. The molecule has 0 saturated carbocycles. The molecule has 0 aliphatic carbocycles. The van der Waals surface area contributed by atoms with Crippen LogP contribution >= 0.6 is 0 Å². The second kappa shape index (κ2) is 13.4. The molecule has 0 aliphatic heterocycles. The topological polar surface area (TPSA) is 16.4 Å². The minimum absolute atomic E-state index is 0.100. The molecule has 0 amide bonds. The molecule has 254 valence electrons. The molecule has 54 heavy (non-hydrogen) atoms. The van der Waals surface area contributed by atoms with Crippen LogP contribution in [0, 0.1) is 0 Å². The second-order valence-electron chi connectivity index (χ2n) is 13.0. The van der Waals surface area contributed by atoms with Crippen molar-refractivity contribution in [3.8, 4) is 44.5 Å². The Morgan fingerprint density at radius 2 is 0.833 bits per heavy atom. The number of furan rings is 1. The van der Waals surface area contributed by atoms with Gasteiger partial charge in [0.2, 0.25) is 0 Å². The summed E-state index contributed by atoms with van der Waals surface area (Å²) >= 11 is 0. The Balaban J connectivity index is 1.08. The first kappa shape index (κ1) is 22.7. The van der Waals surface area contributed by atoms with E-state index in [4.69, 9.17) is 18.1 Å². The highest BCUT2D eigenvalue weighted by Crippen LogP contribution is 2.43. The minimum Gasteiger partial charge on any atom is -0.456 e. The summed E-state index contributed by atoms with van der Waals surface area (Å²) in [6, 6.07) is 45.7. The Morgan fingerprint density at radius 1 is 0.352 bits per heavy atom. The van der Waals surface area contributed by atoms with Crippen molar-refractivity contribution in [3.63, 3.8) is 0 Å². The number of rotatable bonds is 7. The van der Waals surface area contributed by atoms with E-state index in [1.165, 1.54) is 0 Å². The average molecular weight is 700 g/mol. The molecule has 0 fully saturated rings. The van der Waals surface area contributed by atoms with Crippen LogP contribution in [-0.4, -0.2) is 0 Å². The van der Waals surface area contributed by atoms with Crippen LogP contribution in [0.25, 0.3) is 77.2 Å². The molecule has 0 N–H and O–H groups in total. The predicted octanol–water partition coefficient (Wildman–Crippen LogP) is 14.9. The summed E-state index contributed by atoms with van der Waals surface area (Å²) in [7, 11) is 0. The van der Waals surface area contributed by atoms with E-state index in [1.807, 2.05) is 65.6 Å². The van der Waals surface area contributed by atoms with Gasteiger partial charge in [0.05, 0.1) is 19.4 Å². The summed E-state index contributed by atoms with van der Waals surface area (Å²) in [6.07, 6.45) is 0. The average Bonchev–Trinajstić information content (AvgIpc) is 3.71. The Hall–Kier alpha value is -7.16. The molecule has 0 saturated heterocycles. The van der Waals surface area contributed by atoms with Crippen molar-refractivity contribution in [2.45, 2.75) is 0 Å². The van der Waals surface area contributed by atoms with Crippen LogP contribution in [0.15, 0.2) is 217 Å². The zero-order valence-corrected chi connectivity index (χ0v) is 28.8. The molecule has 9 aromatic carbocycles. The van der Waals surface area contributed by atoms with Crippen LogP contribution in [0.2, 0.25) is 0 Å². The van der Waals surface area contributed by atoms with Crippen LogP contribution in [0.1, 0.15) is 13.7 Å². The molecule has 0 unspecified atom stereocenters. The van der Waals surface area contributed by atoms with Gasteiger partial charge in [-0.15, -0.1) is 0 Å². The molecule has 0 aliphatic rings. The fraction of sp³-hybridized carbons (Fsp3) is 0. The fourth-order valence-corrected chi connectivity index (χ4v) is 7.25. The predicted molar refractivity (Wildman–Crippen MR) is 228 cm³/mol. The largest absolute Gasteiger partial charge is 0.456 e. The molecule has 2 nitrogen and oxygen atoms in total. The molecule has 1 heterocycles. The van der Waals surface area contributed by atoms with Gasteiger partial charge in [-0.2, -0.15) is 0 Å². The normalized spacial score (nSPS) is 13.9. The third kappa shape index (κ3) is 5.71. The van der Waals surface area contributed by atoms with E-state index >= 15 is 0 Å². The summed E-state index contributed by atoms with van der Waals surface area (Å²) in [4.78, 5) is 2.04. The summed E-state index contributed by atoms with van der Waals surface area (Å²) in [6.45, 7) is 0. The third-order valence-corrected chi connectivity index (χ3v) is 9.88. The first-order chi connectivity index (χ1) is 30.9. The van der Waals surface area contributed by atoms with Crippen molar-refractivity contribution in [2.75, 3.05) is 4.90 Å². The first-order valence-electron chi connectivity index (χ1n) is 22.6. The van der Waals surface area contributed by atoms with Gasteiger partial charge in [-0.05, 0) is 98.4 Å². The number of anilines is 3. The molecular formula is C52H35NO. The monoisotopic (exact) mass is 699 g/mol. The van der Waals surface area contributed by atoms with E-state index in [1.54, 1.807) is 24.3 Å². The van der Waals surface area contributed by atoms with Gasteiger partial charge in [0.1, 0.15) is 11.2 Å². The maximum atomic E-state index is 8.58. The van der Waals surface area contributed by atoms with E-state index in [9.17, 15) is 0 Å². The number of benzene rings is 9. The van der Waals surface area contributed by atoms with Crippen molar-refractivity contribution in [1.29, 1.82) is 0 Å². The Morgan fingerprint density at radius 3 is 1.46 bits per heavy atom. The van der Waals surface area contributed by atoms with Crippen LogP contribution in [-0.2, 0) is 0 Å². The molecular weight excluding hydrogens is 655 g/mol. The fourth-order valence-electron chi connectivity index (χ4n) is 7.25. The third-order valence-electron chi connectivity index (χ3n) is 9.88. The van der Waals surface area contributed by atoms with Gasteiger partial charge in [-0.3, -0.25) is 0 Å². The number of hydrogen-bond donors (Lipinski definition) is 0. The quantitative estimate of drug-likeness (QED) is 0.165. The van der Waals surface area contributed by atoms with Gasteiger partial charge in [0.25, 0.3) is 0 Å². The highest BCUT2D eigenvalue weighted by Gasteiger charge is 2.18. The Kier molecular flexibility index (Phi) is 5.65. The molecule has 10 aromatic rings. The zero-order chi connectivity index (χ0) is 44.6. The smallest absolute Gasteiger partial charge is 0.135 e. The maximum absolute atomic E-state index is 8.58. The highest BCUT2D eigenvalue weighted by atomic mass is 16.3. The van der Waals surface area contributed by atoms with E-state index in [-0.39, 0.29) is 35.3 Å². The van der Waals surface area contributed by atoms with Crippen molar-refractivity contribution in [3.05, 3.63) is 212 Å². The van der Waals surface area contributed by atoms with Gasteiger partial charge < -0.3 is 9.32 Å². The summed E-state index contributed by atoms with van der Waals surface area (Å²) < 4.78 is 89.5. The van der Waals surface area contributed by atoms with E-state index in [2.05, 4.69) is 66.7 Å². The second-order valence-corrected chi connectivity index (χ2v) is 13.0. The summed E-state index contributed by atoms with van der Waals surface area (Å²) in [5, 5.41) is 4.07. The van der Waals surface area contributed by atoms with Gasteiger partial charge in [0.15, 0.2) is 0 Å². The molecule has 0 atom stereocenters. The summed E-state index contributed by atoms with van der Waals surface area (Å²) in [5.41, 5.74) is 9.25. The zero-order valence-electron chi connectivity index (χ0n) is 38.8. The number of nitrogens with zero attached hydrogens (tertiary/aromatic N) is 1. The van der Waals surface area contributed by atoms with Gasteiger partial charge in [0, 0.05) is 27.5 Å². The Labute approximate surface area is 328 Å². The van der Waals surface area contributed by atoms with Crippen molar-refractivity contribution < 1.29 is 18.1 Å². The Bertz CT molecular complexity index is 3320. The van der Waals surface area contributed by atoms with Gasteiger partial charge in [-0.25, -0.2) is 0 Å². The first-order valence-corrected chi connectivity index (χ1v) is 17.6. The lowest BCUT2D eigenvalue weighted by Gasteiger charge is -2.28.